The number of carbonyl (C=O) groups is 1. The normalized spacial score (nSPS) is 11.5. The third-order valence-electron chi connectivity index (χ3n) is 4.11. The molecule has 3 rings (SSSR count). The minimum atomic E-state index is -2.77. The second-order valence-electron chi connectivity index (χ2n) is 6.72. The van der Waals surface area contributed by atoms with Crippen molar-refractivity contribution in [3.63, 3.8) is 0 Å². The van der Waals surface area contributed by atoms with E-state index in [0.29, 0.717) is 34.2 Å². The van der Waals surface area contributed by atoms with Crippen LogP contribution in [0.15, 0.2) is 30.5 Å². The molecular weight excluding hydrogens is 455 g/mol. The molecule has 0 radical (unpaired) electrons. The molecule has 1 amide bonds. The highest BCUT2D eigenvalue weighted by Crippen LogP contribution is 2.37. The van der Waals surface area contributed by atoms with E-state index in [9.17, 15) is 13.6 Å². The van der Waals surface area contributed by atoms with Gasteiger partial charge in [-0.3, -0.25) is 4.79 Å². The van der Waals surface area contributed by atoms with Gasteiger partial charge in [-0.1, -0.05) is 40.6 Å². The fraction of sp³-hybridized carbons (Fsp3) is 0.316. The maximum Gasteiger partial charge on any atom is 0.282 e. The molecule has 2 heterocycles. The van der Waals surface area contributed by atoms with Gasteiger partial charge in [-0.15, -0.1) is 0 Å². The van der Waals surface area contributed by atoms with Gasteiger partial charge in [-0.2, -0.15) is 5.10 Å². The number of carbonyl (C=O) groups excluding carboxylic acids is 1. The number of hydrogen-bond donors (Lipinski definition) is 1. The van der Waals surface area contributed by atoms with Crippen molar-refractivity contribution < 1.29 is 13.6 Å². The third kappa shape index (κ3) is 5.34. The molecule has 0 saturated heterocycles. The summed E-state index contributed by atoms with van der Waals surface area (Å²) in [5, 5.41) is 7.64. The Bertz CT molecular complexity index is 1020. The van der Waals surface area contributed by atoms with Crippen LogP contribution < -0.4 is 5.32 Å². The number of amides is 1. The highest BCUT2D eigenvalue weighted by Gasteiger charge is 2.22. The average molecular weight is 474 g/mol. The lowest BCUT2D eigenvalue weighted by molar-refractivity contribution is -0.116. The Labute approximate surface area is 186 Å². The second kappa shape index (κ2) is 9.82. The molecule has 1 N–H and O–H groups in total. The van der Waals surface area contributed by atoms with Gasteiger partial charge in [0.2, 0.25) is 5.91 Å². The number of para-hydroxylation sites is 1. The number of hydrogen-bond acceptors (Lipinski definition) is 5. The van der Waals surface area contributed by atoms with Crippen molar-refractivity contribution in [3.8, 4) is 16.3 Å². The second-order valence-corrected chi connectivity index (χ2v) is 8.57. The van der Waals surface area contributed by atoms with E-state index in [-0.39, 0.29) is 16.0 Å². The van der Waals surface area contributed by atoms with E-state index in [1.54, 1.807) is 18.2 Å². The molecule has 3 aromatic rings. The topological polar surface area (TPSA) is 63.1 Å². The van der Waals surface area contributed by atoms with Gasteiger partial charge in [0.15, 0.2) is 5.13 Å². The van der Waals surface area contributed by atoms with Gasteiger partial charge < -0.3 is 10.2 Å². The number of anilines is 1. The standard InChI is InChI=1S/C19H19Cl2F2N5OS/c1-27(2)8-4-7-16(29)25-19-24-10-15(30-19)14-9-13(18(22)23)26-28(14)17-11(20)5-3-6-12(17)21/h3,5-6,9-10,18H,4,7-8H2,1-2H3,(H,24,25,29). The highest BCUT2D eigenvalue weighted by atomic mass is 35.5. The van der Waals surface area contributed by atoms with Crippen molar-refractivity contribution in [3.05, 3.63) is 46.2 Å². The predicted molar refractivity (Wildman–Crippen MR) is 116 cm³/mol. The summed E-state index contributed by atoms with van der Waals surface area (Å²) in [6.07, 6.45) is -0.203. The summed E-state index contributed by atoms with van der Waals surface area (Å²) in [5.41, 5.74) is 0.236. The van der Waals surface area contributed by atoms with Crippen molar-refractivity contribution >= 4 is 45.6 Å². The molecule has 0 unspecified atom stereocenters. The molecule has 0 saturated carbocycles. The zero-order chi connectivity index (χ0) is 21.8. The molecule has 0 aliphatic carbocycles. The molecule has 30 heavy (non-hydrogen) atoms. The van der Waals surface area contributed by atoms with Crippen LogP contribution in [0.5, 0.6) is 0 Å². The lowest BCUT2D eigenvalue weighted by atomic mass is 10.3. The Morgan fingerprint density at radius 3 is 2.63 bits per heavy atom. The fourth-order valence-electron chi connectivity index (χ4n) is 2.73. The number of benzene rings is 1. The summed E-state index contributed by atoms with van der Waals surface area (Å²) in [4.78, 5) is 18.8. The largest absolute Gasteiger partial charge is 0.309 e. The Morgan fingerprint density at radius 2 is 2.00 bits per heavy atom. The molecule has 0 bridgehead atoms. The van der Waals surface area contributed by atoms with Crippen LogP contribution in [0, 0.1) is 0 Å². The van der Waals surface area contributed by atoms with Crippen molar-refractivity contribution in [1.29, 1.82) is 0 Å². The number of nitrogens with zero attached hydrogens (tertiary/aromatic N) is 4. The number of halogens is 4. The first-order chi connectivity index (χ1) is 14.3. The number of nitrogens with one attached hydrogen (secondary N) is 1. The van der Waals surface area contributed by atoms with Gasteiger partial charge in [0.1, 0.15) is 11.4 Å². The van der Waals surface area contributed by atoms with Gasteiger partial charge in [-0.25, -0.2) is 18.4 Å². The van der Waals surface area contributed by atoms with E-state index in [4.69, 9.17) is 23.2 Å². The molecule has 160 valence electrons. The van der Waals surface area contributed by atoms with E-state index < -0.39 is 12.1 Å². The molecule has 0 fully saturated rings. The Morgan fingerprint density at radius 1 is 1.30 bits per heavy atom. The minimum absolute atomic E-state index is 0.159. The van der Waals surface area contributed by atoms with E-state index in [1.807, 2.05) is 19.0 Å². The Kier molecular flexibility index (Phi) is 7.41. The van der Waals surface area contributed by atoms with Crippen LogP contribution in [0.1, 0.15) is 25.0 Å². The molecule has 6 nitrogen and oxygen atoms in total. The van der Waals surface area contributed by atoms with Gasteiger partial charge in [0.05, 0.1) is 20.6 Å². The van der Waals surface area contributed by atoms with Crippen molar-refractivity contribution in [2.24, 2.45) is 0 Å². The molecule has 0 aliphatic heterocycles. The molecule has 0 atom stereocenters. The molecule has 0 aliphatic rings. The van der Waals surface area contributed by atoms with Crippen molar-refractivity contribution in [2.75, 3.05) is 26.0 Å². The van der Waals surface area contributed by atoms with Crippen LogP contribution in [0.3, 0.4) is 0 Å². The zero-order valence-electron chi connectivity index (χ0n) is 16.2. The first-order valence-electron chi connectivity index (χ1n) is 8.99. The van der Waals surface area contributed by atoms with Gasteiger partial charge in [0.25, 0.3) is 6.43 Å². The first kappa shape index (κ1) is 22.6. The van der Waals surface area contributed by atoms with Crippen LogP contribution in [0.4, 0.5) is 13.9 Å². The number of aromatic nitrogens is 3. The quantitative estimate of drug-likeness (QED) is 0.467. The monoisotopic (exact) mass is 473 g/mol. The molecule has 0 spiro atoms. The van der Waals surface area contributed by atoms with Crippen LogP contribution in [0.2, 0.25) is 10.0 Å². The molecule has 1 aromatic carbocycles. The average Bonchev–Trinajstić information content (AvgIpc) is 3.28. The zero-order valence-corrected chi connectivity index (χ0v) is 18.5. The fourth-order valence-corrected chi connectivity index (χ4v) is 4.12. The summed E-state index contributed by atoms with van der Waals surface area (Å²) in [6.45, 7) is 0.796. The number of rotatable bonds is 8. The van der Waals surface area contributed by atoms with Crippen LogP contribution in [-0.4, -0.2) is 46.2 Å². The molecule has 2 aromatic heterocycles. The summed E-state index contributed by atoms with van der Waals surface area (Å²) in [7, 11) is 3.88. The third-order valence-corrected chi connectivity index (χ3v) is 5.66. The number of alkyl halides is 2. The van der Waals surface area contributed by atoms with Gasteiger partial charge >= 0.3 is 0 Å². The molecule has 11 heteroatoms. The lowest BCUT2D eigenvalue weighted by Gasteiger charge is -2.10. The Hall–Kier alpha value is -2.07. The van der Waals surface area contributed by atoms with Crippen LogP contribution in [-0.2, 0) is 4.79 Å². The minimum Gasteiger partial charge on any atom is -0.309 e. The number of thiazole rings is 1. The maximum atomic E-state index is 13.3. The van der Waals surface area contributed by atoms with E-state index in [2.05, 4.69) is 15.4 Å². The predicted octanol–water partition coefficient (Wildman–Crippen LogP) is 5.52. The lowest BCUT2D eigenvalue weighted by Crippen LogP contribution is -2.17. The van der Waals surface area contributed by atoms with Crippen molar-refractivity contribution in [1.82, 2.24) is 19.7 Å². The van der Waals surface area contributed by atoms with Gasteiger partial charge in [0, 0.05) is 12.6 Å². The maximum absolute atomic E-state index is 13.3. The Balaban J connectivity index is 1.89. The molecular formula is C19H19Cl2F2N5OS. The summed E-state index contributed by atoms with van der Waals surface area (Å²) in [6, 6.07) is 6.12. The summed E-state index contributed by atoms with van der Waals surface area (Å²) >= 11 is 13.7. The van der Waals surface area contributed by atoms with Crippen LogP contribution in [0.25, 0.3) is 16.3 Å². The van der Waals surface area contributed by atoms with Crippen LogP contribution >= 0.6 is 34.5 Å². The van der Waals surface area contributed by atoms with E-state index in [1.165, 1.54) is 16.9 Å². The van der Waals surface area contributed by atoms with E-state index >= 15 is 0 Å². The van der Waals surface area contributed by atoms with Gasteiger partial charge in [-0.05, 0) is 45.3 Å². The first-order valence-corrected chi connectivity index (χ1v) is 10.6. The summed E-state index contributed by atoms with van der Waals surface area (Å²) in [5.74, 6) is -0.159. The summed E-state index contributed by atoms with van der Waals surface area (Å²) < 4.78 is 27.9. The van der Waals surface area contributed by atoms with Crippen molar-refractivity contribution in [2.45, 2.75) is 19.3 Å². The van der Waals surface area contributed by atoms with E-state index in [0.717, 1.165) is 17.9 Å². The SMILES string of the molecule is CN(C)CCCC(=O)Nc1ncc(-c2cc(C(F)F)nn2-c2c(Cl)cccc2Cl)s1. The highest BCUT2D eigenvalue weighted by molar-refractivity contribution is 7.19. The smallest absolute Gasteiger partial charge is 0.282 e.